The first-order valence-electron chi connectivity index (χ1n) is 25.7. The van der Waals surface area contributed by atoms with Crippen molar-refractivity contribution in [3.8, 4) is 34.5 Å². The van der Waals surface area contributed by atoms with Gasteiger partial charge in [-0.25, -0.2) is 9.97 Å². The third-order valence-electron chi connectivity index (χ3n) is 13.2. The molecule has 410 valence electrons. The van der Waals surface area contributed by atoms with Crippen molar-refractivity contribution in [2.24, 2.45) is 14.1 Å². The molecule has 3 saturated heterocycles. The molecule has 2 N–H and O–H groups in total. The van der Waals surface area contributed by atoms with Gasteiger partial charge in [0.1, 0.15) is 59.4 Å². The van der Waals surface area contributed by atoms with Crippen LogP contribution in [0, 0.1) is 6.92 Å². The van der Waals surface area contributed by atoms with Crippen LogP contribution in [0.3, 0.4) is 0 Å². The molecule has 18 nitrogen and oxygen atoms in total. The number of anilines is 2. The average Bonchev–Trinajstić information content (AvgIpc) is 4.19. The van der Waals surface area contributed by atoms with E-state index in [1.165, 1.54) is 17.3 Å². The molecule has 1 atom stereocenters. The molecule has 0 spiro atoms. The molecule has 1 unspecified atom stereocenters. The zero-order chi connectivity index (χ0) is 55.1. The van der Waals surface area contributed by atoms with E-state index in [1.807, 2.05) is 134 Å². The number of hydrogen-bond donors (Lipinski definition) is 2. The molecule has 3 aliphatic heterocycles. The molecule has 3 fully saturated rings. The number of nitrogens with zero attached hydrogens (tertiary/aromatic N) is 6. The largest absolute Gasteiger partial charge is 0.486 e. The van der Waals surface area contributed by atoms with Gasteiger partial charge in [0.15, 0.2) is 0 Å². The fourth-order valence-electron chi connectivity index (χ4n) is 8.84. The van der Waals surface area contributed by atoms with Crippen LogP contribution in [0.1, 0.15) is 22.8 Å². The van der Waals surface area contributed by atoms with Gasteiger partial charge >= 0.3 is 0 Å². The van der Waals surface area contributed by atoms with Gasteiger partial charge in [-0.05, 0) is 98.0 Å². The van der Waals surface area contributed by atoms with Gasteiger partial charge in [0.2, 0.25) is 18.2 Å². The van der Waals surface area contributed by atoms with Crippen molar-refractivity contribution in [2.75, 3.05) is 74.4 Å². The number of rotatable bonds is 17. The van der Waals surface area contributed by atoms with E-state index < -0.39 is 0 Å². The number of thioether (sulfide) groups is 2. The standard InChI is InChI=1S/C30H32N4O5S.C26H27N3O3.C3H3NO2S/c1-33-27-18-25(39-24-5-3-4-22(17-24)34-12-14-37-15-13-34)10-11-26(27)32-29(33)19-38-23-8-6-21(7-9-23)16-28(40-2)30(36)31-20-35;1-19-6-8-21(9-7-19)31-18-26-27-24-11-10-23(17-25(24)28(26)2)32-22-5-3-4-20(16-22)29-12-14-30-15-13-29;5-2-1-7-3(6)4-2/h3-11,17-18,20,28H,12-16,19H2,1-2H3,(H,31,35,36);3-11,16-17H,12-15,18H2,1-2H3;1H2,(H,4,5,6). The van der Waals surface area contributed by atoms with Crippen LogP contribution in [0.25, 0.3) is 22.1 Å². The summed E-state index contributed by atoms with van der Waals surface area (Å²) < 4.78 is 39.3. The maximum Gasteiger partial charge on any atom is 0.286 e. The number of carbonyl (C=O) groups is 4. The van der Waals surface area contributed by atoms with Crippen LogP contribution in [0.4, 0.5) is 16.2 Å². The highest BCUT2D eigenvalue weighted by molar-refractivity contribution is 8.14. The number of ether oxygens (including phenoxy) is 6. The molecule has 0 radical (unpaired) electrons. The average molecular weight is 1110 g/mol. The van der Waals surface area contributed by atoms with Crippen LogP contribution in [-0.4, -0.2) is 112 Å². The third kappa shape index (κ3) is 15.2. The van der Waals surface area contributed by atoms with Crippen LogP contribution in [-0.2, 0) is 57.6 Å². The fourth-order valence-corrected chi connectivity index (χ4v) is 10.0. The summed E-state index contributed by atoms with van der Waals surface area (Å²) in [5, 5.41) is 3.76. The van der Waals surface area contributed by atoms with E-state index in [1.54, 1.807) is 0 Å². The Bertz CT molecular complexity index is 3360. The first-order chi connectivity index (χ1) is 38.5. The molecule has 20 heteroatoms. The number of imide groups is 2. The first-order valence-corrected chi connectivity index (χ1v) is 28.0. The molecule has 0 saturated carbocycles. The van der Waals surface area contributed by atoms with Crippen molar-refractivity contribution in [3.63, 3.8) is 0 Å². The molecule has 3 aliphatic rings. The van der Waals surface area contributed by atoms with E-state index >= 15 is 0 Å². The van der Waals surface area contributed by atoms with Crippen molar-refractivity contribution >= 4 is 80.4 Å². The lowest BCUT2D eigenvalue weighted by Crippen LogP contribution is -2.36. The van der Waals surface area contributed by atoms with E-state index in [0.717, 1.165) is 144 Å². The Morgan fingerprint density at radius 3 is 1.57 bits per heavy atom. The van der Waals surface area contributed by atoms with Gasteiger partial charge in [0.25, 0.3) is 5.24 Å². The zero-order valence-corrected chi connectivity index (χ0v) is 46.1. The topological polar surface area (TPSA) is 190 Å². The summed E-state index contributed by atoms with van der Waals surface area (Å²) in [4.78, 5) is 56.8. The number of nitrogens with one attached hydrogen (secondary N) is 2. The lowest BCUT2D eigenvalue weighted by Gasteiger charge is -2.29. The number of hydrogen-bond acceptors (Lipinski definition) is 16. The van der Waals surface area contributed by atoms with Crippen molar-refractivity contribution in [1.82, 2.24) is 29.7 Å². The maximum atomic E-state index is 12.0. The van der Waals surface area contributed by atoms with Crippen molar-refractivity contribution in [3.05, 3.63) is 156 Å². The number of imidazole rings is 2. The van der Waals surface area contributed by atoms with Gasteiger partial charge in [-0.3, -0.25) is 29.8 Å². The second kappa shape index (κ2) is 27.0. The van der Waals surface area contributed by atoms with Crippen molar-refractivity contribution < 1.29 is 47.6 Å². The SMILES string of the molecule is CSC(Cc1ccc(OCc2nc3ccc(Oc4cccc(N5CCOCC5)c4)cc3n2C)cc1)C(=O)NC=O.Cc1ccc(OCc2nc3ccc(Oc4cccc(N5CCOCC5)c4)cc3n2C)cc1.O=C1CSC(=O)N1. The van der Waals surface area contributed by atoms with E-state index in [4.69, 9.17) is 38.4 Å². The quantitative estimate of drug-likeness (QED) is 0.0820. The number of amides is 4. The summed E-state index contributed by atoms with van der Waals surface area (Å²) >= 11 is 2.41. The Morgan fingerprint density at radius 1 is 0.671 bits per heavy atom. The summed E-state index contributed by atoms with van der Waals surface area (Å²) in [6, 6.07) is 43.9. The van der Waals surface area contributed by atoms with E-state index in [-0.39, 0.29) is 22.3 Å². The molecule has 8 aromatic rings. The Kier molecular flexibility index (Phi) is 19.1. The predicted molar refractivity (Wildman–Crippen MR) is 308 cm³/mol. The first kappa shape index (κ1) is 55.7. The Balaban J connectivity index is 0.000000173. The van der Waals surface area contributed by atoms with Gasteiger partial charge in [-0.15, -0.1) is 0 Å². The lowest BCUT2D eigenvalue weighted by molar-refractivity contribution is -0.125. The third-order valence-corrected chi connectivity index (χ3v) is 14.9. The normalized spacial score (nSPS) is 14.6. The second-order valence-electron chi connectivity index (χ2n) is 18.6. The van der Waals surface area contributed by atoms with E-state index in [2.05, 4.69) is 56.2 Å². The molecule has 2 aromatic heterocycles. The van der Waals surface area contributed by atoms with Crippen molar-refractivity contribution in [2.45, 2.75) is 31.8 Å². The predicted octanol–water partition coefficient (Wildman–Crippen LogP) is 9.39. The smallest absolute Gasteiger partial charge is 0.286 e. The molecule has 79 heavy (non-hydrogen) atoms. The van der Waals surface area contributed by atoms with Crippen LogP contribution < -0.4 is 39.4 Å². The van der Waals surface area contributed by atoms with Crippen molar-refractivity contribution in [1.29, 1.82) is 0 Å². The molecular weight excluding hydrogens is 1040 g/mol. The summed E-state index contributed by atoms with van der Waals surface area (Å²) in [7, 11) is 3.97. The molecule has 6 aromatic carbocycles. The number of benzene rings is 6. The van der Waals surface area contributed by atoms with Crippen LogP contribution >= 0.6 is 23.5 Å². The number of aromatic nitrogens is 4. The van der Waals surface area contributed by atoms with Crippen LogP contribution in [0.2, 0.25) is 0 Å². The van der Waals surface area contributed by atoms with Crippen LogP contribution in [0.15, 0.2) is 133 Å². The van der Waals surface area contributed by atoms with Gasteiger partial charge in [0.05, 0.1) is 59.5 Å². The number of carbonyl (C=O) groups excluding carboxylic acids is 4. The summed E-state index contributed by atoms with van der Waals surface area (Å²) in [6.07, 6.45) is 2.79. The van der Waals surface area contributed by atoms with Gasteiger partial charge in [0, 0.05) is 75.9 Å². The minimum absolute atomic E-state index is 0.185. The Morgan fingerprint density at radius 2 is 1.14 bits per heavy atom. The number of morpholine rings is 2. The summed E-state index contributed by atoms with van der Waals surface area (Å²) in [5.41, 5.74) is 8.22. The molecule has 5 heterocycles. The Hall–Kier alpha value is -8.04. The number of fused-ring (bicyclic) bond motifs is 2. The minimum Gasteiger partial charge on any atom is -0.486 e. The minimum atomic E-state index is -0.334. The van der Waals surface area contributed by atoms with E-state index in [0.29, 0.717) is 37.5 Å². The molecule has 11 rings (SSSR count). The van der Waals surface area contributed by atoms with Gasteiger partial charge < -0.3 is 47.4 Å². The summed E-state index contributed by atoms with van der Waals surface area (Å²) in [5.74, 6) is 6.14. The lowest BCUT2D eigenvalue weighted by atomic mass is 10.1. The second-order valence-corrected chi connectivity index (χ2v) is 20.6. The number of aryl methyl sites for hydroxylation is 3. The zero-order valence-electron chi connectivity index (χ0n) is 44.4. The van der Waals surface area contributed by atoms with Crippen LogP contribution in [0.5, 0.6) is 34.5 Å². The maximum absolute atomic E-state index is 12.0. The monoisotopic (exact) mass is 1110 g/mol. The fraction of sp³-hybridized carbons (Fsp3) is 0.288. The highest BCUT2D eigenvalue weighted by Gasteiger charge is 2.20. The molecule has 0 bridgehead atoms. The summed E-state index contributed by atoms with van der Waals surface area (Å²) in [6.45, 7) is 9.32. The Labute approximate surface area is 466 Å². The van der Waals surface area contributed by atoms with Gasteiger partial charge in [-0.1, -0.05) is 53.7 Å². The molecule has 0 aliphatic carbocycles. The van der Waals surface area contributed by atoms with Gasteiger partial charge in [-0.2, -0.15) is 11.8 Å². The highest BCUT2D eigenvalue weighted by atomic mass is 32.2. The van der Waals surface area contributed by atoms with E-state index in [9.17, 15) is 19.2 Å². The highest BCUT2D eigenvalue weighted by Crippen LogP contribution is 2.32. The molecule has 4 amide bonds. The molecular formula is C59H62N8O10S2.